The molecule has 1 aromatic heterocycles. The van der Waals surface area contributed by atoms with Crippen molar-refractivity contribution in [3.63, 3.8) is 0 Å². The highest BCUT2D eigenvalue weighted by Gasteiger charge is 2.08. The van der Waals surface area contributed by atoms with Crippen molar-refractivity contribution in [2.24, 2.45) is 7.05 Å². The molecular weight excluding hydrogens is 220 g/mol. The number of aromatic nitrogens is 1. The van der Waals surface area contributed by atoms with Crippen LogP contribution in [-0.4, -0.2) is 10.6 Å². The van der Waals surface area contributed by atoms with Crippen LogP contribution in [0.5, 0.6) is 0 Å². The average molecular weight is 244 g/mol. The molecule has 18 heavy (non-hydrogen) atoms. The predicted octanol–water partition coefficient (Wildman–Crippen LogP) is 3.80. The highest BCUT2D eigenvalue weighted by molar-refractivity contribution is 5.82. The van der Waals surface area contributed by atoms with Crippen molar-refractivity contribution < 1.29 is 0 Å². The van der Waals surface area contributed by atoms with Crippen molar-refractivity contribution in [1.82, 2.24) is 9.88 Å². The van der Waals surface area contributed by atoms with Gasteiger partial charge in [-0.15, -0.1) is 0 Å². The molecule has 0 aliphatic carbocycles. The summed E-state index contributed by atoms with van der Waals surface area (Å²) >= 11 is 0. The molecule has 1 heterocycles. The topological polar surface area (TPSA) is 17.0 Å². The Morgan fingerprint density at radius 3 is 2.44 bits per heavy atom. The van der Waals surface area contributed by atoms with Crippen LogP contribution in [0.25, 0.3) is 10.9 Å². The zero-order valence-electron chi connectivity index (χ0n) is 12.1. The van der Waals surface area contributed by atoms with Crippen LogP contribution in [0.1, 0.15) is 44.9 Å². The van der Waals surface area contributed by atoms with Gasteiger partial charge in [-0.2, -0.15) is 0 Å². The summed E-state index contributed by atoms with van der Waals surface area (Å²) < 4.78 is 2.29. The zero-order valence-corrected chi connectivity index (χ0v) is 12.1. The van der Waals surface area contributed by atoms with Gasteiger partial charge in [0.1, 0.15) is 0 Å². The average Bonchev–Trinajstić information content (AvgIpc) is 2.63. The second kappa shape index (κ2) is 5.15. The Kier molecular flexibility index (Phi) is 3.76. The first-order chi connectivity index (χ1) is 8.49. The molecule has 0 atom stereocenters. The minimum absolute atomic E-state index is 0.522. The summed E-state index contributed by atoms with van der Waals surface area (Å²) in [5.41, 5.74) is 4.08. The molecule has 98 valence electrons. The number of fused-ring (bicyclic) bond motifs is 1. The number of aryl methyl sites for hydroxylation is 1. The second-order valence-electron chi connectivity index (χ2n) is 5.70. The van der Waals surface area contributed by atoms with Crippen molar-refractivity contribution in [3.05, 3.63) is 35.5 Å². The van der Waals surface area contributed by atoms with Crippen LogP contribution in [0, 0.1) is 0 Å². The van der Waals surface area contributed by atoms with Crippen LogP contribution in [0.4, 0.5) is 0 Å². The minimum Gasteiger partial charge on any atom is -0.346 e. The van der Waals surface area contributed by atoms with E-state index in [2.05, 4.69) is 68.9 Å². The molecule has 0 radical (unpaired) electrons. The van der Waals surface area contributed by atoms with E-state index in [1.165, 1.54) is 22.2 Å². The molecule has 0 saturated heterocycles. The van der Waals surface area contributed by atoms with Crippen LogP contribution in [-0.2, 0) is 13.6 Å². The third-order valence-corrected chi connectivity index (χ3v) is 3.52. The van der Waals surface area contributed by atoms with Crippen molar-refractivity contribution in [1.29, 1.82) is 0 Å². The Bertz CT molecular complexity index is 535. The highest BCUT2D eigenvalue weighted by Crippen LogP contribution is 2.24. The number of rotatable bonds is 4. The van der Waals surface area contributed by atoms with Gasteiger partial charge in [0.15, 0.2) is 0 Å². The van der Waals surface area contributed by atoms with Crippen molar-refractivity contribution in [3.8, 4) is 0 Å². The molecule has 0 aliphatic rings. The van der Waals surface area contributed by atoms with E-state index in [4.69, 9.17) is 0 Å². The first kappa shape index (κ1) is 13.2. The Hall–Kier alpha value is -1.28. The van der Waals surface area contributed by atoms with Crippen LogP contribution < -0.4 is 5.32 Å². The van der Waals surface area contributed by atoms with Gasteiger partial charge in [0.25, 0.3) is 0 Å². The maximum absolute atomic E-state index is 3.48. The molecule has 2 nitrogen and oxygen atoms in total. The van der Waals surface area contributed by atoms with Gasteiger partial charge in [0.2, 0.25) is 0 Å². The molecule has 2 aromatic rings. The lowest BCUT2D eigenvalue weighted by Gasteiger charge is -2.09. The Morgan fingerprint density at radius 2 is 1.83 bits per heavy atom. The SMILES string of the molecule is CC(C)NCc1cc2cc(C(C)C)ccc2n1C. The number of nitrogens with one attached hydrogen (secondary N) is 1. The fourth-order valence-electron chi connectivity index (χ4n) is 2.26. The summed E-state index contributed by atoms with van der Waals surface area (Å²) in [6.07, 6.45) is 0. The first-order valence-electron chi connectivity index (χ1n) is 6.80. The molecule has 1 aromatic carbocycles. The number of hydrogen-bond donors (Lipinski definition) is 1. The standard InChI is InChI=1S/C16H24N2/c1-11(2)13-6-7-16-14(8-13)9-15(18(16)5)10-17-12(3)4/h6-9,11-12,17H,10H2,1-5H3. The minimum atomic E-state index is 0.522. The van der Waals surface area contributed by atoms with Crippen molar-refractivity contribution in [2.45, 2.75) is 46.2 Å². The number of benzene rings is 1. The van der Waals surface area contributed by atoms with Crippen LogP contribution in [0.3, 0.4) is 0 Å². The largest absolute Gasteiger partial charge is 0.346 e. The molecule has 0 aliphatic heterocycles. The summed E-state index contributed by atoms with van der Waals surface area (Å²) in [5, 5.41) is 4.83. The Labute approximate surface area is 110 Å². The van der Waals surface area contributed by atoms with E-state index in [0.717, 1.165) is 6.54 Å². The normalized spacial score (nSPS) is 11.9. The van der Waals surface area contributed by atoms with Gasteiger partial charge < -0.3 is 9.88 Å². The molecule has 0 unspecified atom stereocenters. The molecule has 1 N–H and O–H groups in total. The molecule has 0 fully saturated rings. The smallest absolute Gasteiger partial charge is 0.0480 e. The lowest BCUT2D eigenvalue weighted by molar-refractivity contribution is 0.572. The van der Waals surface area contributed by atoms with E-state index in [1.54, 1.807) is 0 Å². The third-order valence-electron chi connectivity index (χ3n) is 3.52. The van der Waals surface area contributed by atoms with Crippen LogP contribution in [0.15, 0.2) is 24.3 Å². The molecule has 0 saturated carbocycles. The van der Waals surface area contributed by atoms with Crippen LogP contribution >= 0.6 is 0 Å². The molecular formula is C16H24N2. The van der Waals surface area contributed by atoms with Gasteiger partial charge in [-0.25, -0.2) is 0 Å². The maximum atomic E-state index is 3.48. The van der Waals surface area contributed by atoms with Gasteiger partial charge in [0.05, 0.1) is 0 Å². The monoisotopic (exact) mass is 244 g/mol. The number of nitrogens with zero attached hydrogens (tertiary/aromatic N) is 1. The molecule has 0 bridgehead atoms. The van der Waals surface area contributed by atoms with Crippen molar-refractivity contribution >= 4 is 10.9 Å². The molecule has 0 amide bonds. The lowest BCUT2D eigenvalue weighted by atomic mass is 10.0. The van der Waals surface area contributed by atoms with E-state index >= 15 is 0 Å². The summed E-state index contributed by atoms with van der Waals surface area (Å²) in [6.45, 7) is 9.77. The number of hydrogen-bond acceptors (Lipinski definition) is 1. The van der Waals surface area contributed by atoms with E-state index in [1.807, 2.05) is 0 Å². The molecule has 2 rings (SSSR count). The fourth-order valence-corrected chi connectivity index (χ4v) is 2.26. The quantitative estimate of drug-likeness (QED) is 0.865. The van der Waals surface area contributed by atoms with E-state index < -0.39 is 0 Å². The first-order valence-corrected chi connectivity index (χ1v) is 6.80. The summed E-state index contributed by atoms with van der Waals surface area (Å²) in [6, 6.07) is 9.63. The summed E-state index contributed by atoms with van der Waals surface area (Å²) in [5.74, 6) is 0.590. The Morgan fingerprint density at radius 1 is 1.11 bits per heavy atom. The molecule has 0 spiro atoms. The fraction of sp³-hybridized carbons (Fsp3) is 0.500. The maximum Gasteiger partial charge on any atom is 0.0480 e. The lowest BCUT2D eigenvalue weighted by Crippen LogP contribution is -2.22. The van der Waals surface area contributed by atoms with Gasteiger partial charge in [-0.05, 0) is 29.7 Å². The van der Waals surface area contributed by atoms with Gasteiger partial charge in [0, 0.05) is 36.2 Å². The van der Waals surface area contributed by atoms with Gasteiger partial charge in [-0.3, -0.25) is 0 Å². The van der Waals surface area contributed by atoms with Crippen molar-refractivity contribution in [2.75, 3.05) is 0 Å². The van der Waals surface area contributed by atoms with E-state index in [-0.39, 0.29) is 0 Å². The summed E-state index contributed by atoms with van der Waals surface area (Å²) in [7, 11) is 2.15. The second-order valence-corrected chi connectivity index (χ2v) is 5.70. The van der Waals surface area contributed by atoms with Crippen LogP contribution in [0.2, 0.25) is 0 Å². The summed E-state index contributed by atoms with van der Waals surface area (Å²) in [4.78, 5) is 0. The third kappa shape index (κ3) is 2.59. The zero-order chi connectivity index (χ0) is 13.3. The predicted molar refractivity (Wildman–Crippen MR) is 79.0 cm³/mol. The van der Waals surface area contributed by atoms with Gasteiger partial charge >= 0.3 is 0 Å². The molecule has 2 heteroatoms. The van der Waals surface area contributed by atoms with E-state index in [0.29, 0.717) is 12.0 Å². The Balaban J connectivity index is 2.36. The highest BCUT2D eigenvalue weighted by atomic mass is 15.0. The van der Waals surface area contributed by atoms with E-state index in [9.17, 15) is 0 Å². The van der Waals surface area contributed by atoms with Gasteiger partial charge in [-0.1, -0.05) is 33.8 Å².